The Balaban J connectivity index is 1.72. The summed E-state index contributed by atoms with van der Waals surface area (Å²) in [5.41, 5.74) is 0.660. The van der Waals surface area contributed by atoms with Gasteiger partial charge in [-0.25, -0.2) is 0 Å². The lowest BCUT2D eigenvalue weighted by Crippen LogP contribution is -2.11. The van der Waals surface area contributed by atoms with Crippen molar-refractivity contribution in [2.75, 3.05) is 5.32 Å². The Hall–Kier alpha value is -3.57. The van der Waals surface area contributed by atoms with Gasteiger partial charge in [-0.05, 0) is 54.6 Å². The molecule has 0 saturated heterocycles. The third kappa shape index (κ3) is 3.91. The van der Waals surface area contributed by atoms with Gasteiger partial charge in [0.05, 0.1) is 17.9 Å². The maximum Gasteiger partial charge on any atom is 0.339 e. The molecule has 1 amide bonds. The number of nitrogens with zero attached hydrogens (tertiary/aromatic N) is 1. The maximum atomic E-state index is 12.3. The lowest BCUT2D eigenvalue weighted by molar-refractivity contribution is 0.0996. The van der Waals surface area contributed by atoms with Gasteiger partial charge in [0, 0.05) is 5.69 Å². The van der Waals surface area contributed by atoms with E-state index in [0.29, 0.717) is 5.69 Å². The number of anilines is 1. The molecule has 7 nitrogen and oxygen atoms in total. The van der Waals surface area contributed by atoms with Crippen molar-refractivity contribution in [1.82, 2.24) is 0 Å². The van der Waals surface area contributed by atoms with Crippen molar-refractivity contribution in [3.63, 3.8) is 0 Å². The molecule has 0 aliphatic heterocycles. The second-order valence-electron chi connectivity index (χ2n) is 5.13. The second kappa shape index (κ2) is 7.13. The van der Waals surface area contributed by atoms with Crippen LogP contribution in [0.3, 0.4) is 0 Å². The minimum atomic E-state index is -4.07. The molecule has 1 heterocycles. The van der Waals surface area contributed by atoms with Gasteiger partial charge < -0.3 is 13.9 Å². The summed E-state index contributed by atoms with van der Waals surface area (Å²) >= 11 is 0. The molecule has 130 valence electrons. The smallest absolute Gasteiger partial charge is 0.339 e. The summed E-state index contributed by atoms with van der Waals surface area (Å²) in [6, 6.07) is 16.3. The summed E-state index contributed by atoms with van der Waals surface area (Å²) in [5, 5.41) is 11.5. The molecule has 0 fully saturated rings. The monoisotopic (exact) mass is 368 g/mol. The minimum absolute atomic E-state index is 0.0726. The summed E-state index contributed by atoms with van der Waals surface area (Å²) in [6.45, 7) is 0. The standard InChI is InChI=1S/C18H12N2O5S/c19-12-13-3-1-4-16(11-13)26(22,23)25-15-8-6-14(7-9-15)20-18(21)17-5-2-10-24-17/h1-11H,(H,20,21). The number of amides is 1. The van der Waals surface area contributed by atoms with Gasteiger partial charge >= 0.3 is 10.1 Å². The number of hydrogen-bond acceptors (Lipinski definition) is 6. The molecular formula is C18H12N2O5S. The van der Waals surface area contributed by atoms with E-state index in [1.54, 1.807) is 6.07 Å². The molecule has 0 spiro atoms. The molecule has 0 atom stereocenters. The molecule has 1 N–H and O–H groups in total. The van der Waals surface area contributed by atoms with E-state index in [9.17, 15) is 13.2 Å². The number of furan rings is 1. The van der Waals surface area contributed by atoms with Crippen molar-refractivity contribution in [3.8, 4) is 11.8 Å². The summed E-state index contributed by atoms with van der Waals surface area (Å²) in [4.78, 5) is 11.8. The molecule has 0 aliphatic rings. The van der Waals surface area contributed by atoms with Crippen LogP contribution >= 0.6 is 0 Å². The van der Waals surface area contributed by atoms with Crippen molar-refractivity contribution in [3.05, 3.63) is 78.3 Å². The number of carbonyl (C=O) groups is 1. The van der Waals surface area contributed by atoms with Crippen molar-refractivity contribution in [2.45, 2.75) is 4.90 Å². The highest BCUT2D eigenvalue weighted by atomic mass is 32.2. The highest BCUT2D eigenvalue weighted by Gasteiger charge is 2.17. The van der Waals surface area contributed by atoms with Crippen molar-refractivity contribution < 1.29 is 21.8 Å². The third-order valence-electron chi connectivity index (χ3n) is 3.31. The van der Waals surface area contributed by atoms with Crippen molar-refractivity contribution >= 4 is 21.7 Å². The van der Waals surface area contributed by atoms with Crippen LogP contribution in [0.2, 0.25) is 0 Å². The third-order valence-corrected chi connectivity index (χ3v) is 4.56. The van der Waals surface area contributed by atoms with Crippen LogP contribution in [-0.2, 0) is 10.1 Å². The minimum Gasteiger partial charge on any atom is -0.459 e. The van der Waals surface area contributed by atoms with E-state index in [1.165, 1.54) is 60.9 Å². The number of hydrogen-bond donors (Lipinski definition) is 1. The van der Waals surface area contributed by atoms with Gasteiger partial charge in [-0.1, -0.05) is 6.07 Å². The predicted octanol–water partition coefficient (Wildman–Crippen LogP) is 3.17. The Kier molecular flexibility index (Phi) is 4.73. The zero-order valence-electron chi connectivity index (χ0n) is 13.2. The van der Waals surface area contributed by atoms with Crippen LogP contribution in [0.1, 0.15) is 16.1 Å². The molecule has 26 heavy (non-hydrogen) atoms. The number of nitriles is 1. The molecule has 0 aliphatic carbocycles. The first-order valence-electron chi connectivity index (χ1n) is 7.37. The maximum absolute atomic E-state index is 12.3. The quantitative estimate of drug-likeness (QED) is 0.693. The molecule has 0 unspecified atom stereocenters. The summed E-state index contributed by atoms with van der Waals surface area (Å²) < 4.78 is 34.6. The molecule has 3 rings (SSSR count). The molecule has 0 saturated carbocycles. The Morgan fingerprint density at radius 1 is 1.08 bits per heavy atom. The van der Waals surface area contributed by atoms with Gasteiger partial charge in [0.1, 0.15) is 10.6 Å². The molecule has 1 aromatic heterocycles. The topological polar surface area (TPSA) is 109 Å². The van der Waals surface area contributed by atoms with Gasteiger partial charge in [-0.2, -0.15) is 13.7 Å². The fourth-order valence-corrected chi connectivity index (χ4v) is 3.07. The summed E-state index contributed by atoms with van der Waals surface area (Å²) in [6.07, 6.45) is 1.39. The van der Waals surface area contributed by atoms with Crippen molar-refractivity contribution in [2.24, 2.45) is 0 Å². The zero-order valence-corrected chi connectivity index (χ0v) is 14.1. The fourth-order valence-electron chi connectivity index (χ4n) is 2.09. The SMILES string of the molecule is N#Cc1cccc(S(=O)(=O)Oc2ccc(NC(=O)c3ccco3)cc2)c1. The van der Waals surface area contributed by atoms with Crippen LogP contribution < -0.4 is 9.50 Å². The lowest BCUT2D eigenvalue weighted by atomic mass is 10.2. The van der Waals surface area contributed by atoms with Crippen LogP contribution in [-0.4, -0.2) is 14.3 Å². The van der Waals surface area contributed by atoms with Gasteiger partial charge in [-0.15, -0.1) is 0 Å². The molecule has 0 radical (unpaired) electrons. The van der Waals surface area contributed by atoms with Gasteiger partial charge in [-0.3, -0.25) is 4.79 Å². The van der Waals surface area contributed by atoms with Crippen LogP contribution in [0.4, 0.5) is 5.69 Å². The normalized spacial score (nSPS) is 10.7. The van der Waals surface area contributed by atoms with Gasteiger partial charge in [0.25, 0.3) is 5.91 Å². The Bertz CT molecular complexity index is 1070. The Labute approximate surface area is 149 Å². The summed E-state index contributed by atoms with van der Waals surface area (Å²) in [5.74, 6) is -0.196. The second-order valence-corrected chi connectivity index (χ2v) is 6.68. The average molecular weight is 368 g/mol. The van der Waals surface area contributed by atoms with Crippen molar-refractivity contribution in [1.29, 1.82) is 5.26 Å². The fraction of sp³-hybridized carbons (Fsp3) is 0. The van der Waals surface area contributed by atoms with Crippen LogP contribution in [0.5, 0.6) is 5.75 Å². The molecule has 2 aromatic carbocycles. The van der Waals surface area contributed by atoms with Crippen LogP contribution in [0.25, 0.3) is 0 Å². The Morgan fingerprint density at radius 2 is 1.85 bits per heavy atom. The van der Waals surface area contributed by atoms with E-state index in [0.717, 1.165) is 0 Å². The number of nitrogens with one attached hydrogen (secondary N) is 1. The van der Waals surface area contributed by atoms with E-state index >= 15 is 0 Å². The molecular weight excluding hydrogens is 356 g/mol. The highest BCUT2D eigenvalue weighted by Crippen LogP contribution is 2.21. The summed E-state index contributed by atoms with van der Waals surface area (Å²) in [7, 11) is -4.07. The van der Waals surface area contributed by atoms with E-state index in [-0.39, 0.29) is 22.0 Å². The predicted molar refractivity (Wildman–Crippen MR) is 92.1 cm³/mol. The highest BCUT2D eigenvalue weighted by molar-refractivity contribution is 7.87. The zero-order chi connectivity index (χ0) is 18.6. The van der Waals surface area contributed by atoms with E-state index in [2.05, 4.69) is 5.32 Å². The number of carbonyl (C=O) groups excluding carboxylic acids is 1. The van der Waals surface area contributed by atoms with E-state index in [1.807, 2.05) is 6.07 Å². The van der Waals surface area contributed by atoms with Crippen LogP contribution in [0, 0.1) is 11.3 Å². The number of rotatable bonds is 5. The molecule has 0 bridgehead atoms. The van der Waals surface area contributed by atoms with Gasteiger partial charge in [0.15, 0.2) is 5.76 Å². The molecule has 8 heteroatoms. The largest absolute Gasteiger partial charge is 0.459 e. The molecule has 3 aromatic rings. The first-order chi connectivity index (χ1) is 12.5. The first kappa shape index (κ1) is 17.3. The Morgan fingerprint density at radius 3 is 2.50 bits per heavy atom. The average Bonchev–Trinajstić information content (AvgIpc) is 3.18. The van der Waals surface area contributed by atoms with Crippen LogP contribution in [0.15, 0.2) is 76.2 Å². The van der Waals surface area contributed by atoms with E-state index < -0.39 is 16.0 Å². The first-order valence-corrected chi connectivity index (χ1v) is 8.78. The van der Waals surface area contributed by atoms with Gasteiger partial charge in [0.2, 0.25) is 0 Å². The number of benzene rings is 2. The van der Waals surface area contributed by atoms with E-state index in [4.69, 9.17) is 13.9 Å². The lowest BCUT2D eigenvalue weighted by Gasteiger charge is -2.08.